The van der Waals surface area contributed by atoms with Gasteiger partial charge in [-0.3, -0.25) is 0 Å². The number of nitrogens with zero attached hydrogens (tertiary/aromatic N) is 1. The zero-order valence-corrected chi connectivity index (χ0v) is 16.4. The van der Waals surface area contributed by atoms with Gasteiger partial charge in [-0.2, -0.15) is 0 Å². The highest BCUT2D eigenvalue weighted by atomic mass is 16.6. The fourth-order valence-electron chi connectivity index (χ4n) is 2.05. The van der Waals surface area contributed by atoms with Crippen LogP contribution in [-0.2, 0) is 9.47 Å². The number of aliphatic hydroxyl groups is 1. The number of hydrogen-bond donors (Lipinski definition) is 3. The van der Waals surface area contributed by atoms with Crippen molar-refractivity contribution in [2.75, 3.05) is 33.4 Å². The van der Waals surface area contributed by atoms with Crippen molar-refractivity contribution in [3.05, 3.63) is 0 Å². The van der Waals surface area contributed by atoms with Crippen molar-refractivity contribution in [2.45, 2.75) is 65.2 Å². The Morgan fingerprint density at radius 3 is 2.36 bits per heavy atom. The third-order valence-electron chi connectivity index (χ3n) is 3.01. The molecule has 0 fully saturated rings. The standard InChI is InChI=1S/C17H35N3O5/c1-13(2)19-15(22)20(11-14(21)12-24-6)10-8-7-9-18-16(23)25-17(3,4)5/h13-14,21H,7-12H2,1-6H3,(H,18,23)(H,19,22)/t14-/m0/s1. The van der Waals surface area contributed by atoms with Crippen molar-refractivity contribution in [3.63, 3.8) is 0 Å². The van der Waals surface area contributed by atoms with Crippen molar-refractivity contribution >= 4 is 12.1 Å². The summed E-state index contributed by atoms with van der Waals surface area (Å²) in [5, 5.41) is 15.4. The first-order valence-corrected chi connectivity index (χ1v) is 8.74. The first-order chi connectivity index (χ1) is 11.5. The molecule has 0 saturated heterocycles. The van der Waals surface area contributed by atoms with E-state index in [1.807, 2.05) is 34.6 Å². The van der Waals surface area contributed by atoms with Gasteiger partial charge in [0.05, 0.1) is 19.3 Å². The lowest BCUT2D eigenvalue weighted by Crippen LogP contribution is -2.47. The van der Waals surface area contributed by atoms with E-state index in [9.17, 15) is 14.7 Å². The largest absolute Gasteiger partial charge is 0.444 e. The minimum absolute atomic E-state index is 0.0170. The van der Waals surface area contributed by atoms with Gasteiger partial charge in [0.15, 0.2) is 0 Å². The number of nitrogens with one attached hydrogen (secondary N) is 2. The molecule has 0 aromatic heterocycles. The summed E-state index contributed by atoms with van der Waals surface area (Å²) in [4.78, 5) is 25.3. The number of amides is 3. The molecule has 0 aromatic carbocycles. The highest BCUT2D eigenvalue weighted by Gasteiger charge is 2.18. The van der Waals surface area contributed by atoms with E-state index in [1.54, 1.807) is 4.90 Å². The molecule has 148 valence electrons. The fourth-order valence-corrected chi connectivity index (χ4v) is 2.05. The molecule has 0 bridgehead atoms. The van der Waals surface area contributed by atoms with Crippen LogP contribution in [0.25, 0.3) is 0 Å². The van der Waals surface area contributed by atoms with E-state index in [-0.39, 0.29) is 25.2 Å². The number of urea groups is 1. The summed E-state index contributed by atoms with van der Waals surface area (Å²) in [7, 11) is 1.50. The van der Waals surface area contributed by atoms with Gasteiger partial charge in [-0.15, -0.1) is 0 Å². The van der Waals surface area contributed by atoms with Gasteiger partial charge >= 0.3 is 12.1 Å². The summed E-state index contributed by atoms with van der Waals surface area (Å²) < 4.78 is 10.1. The summed E-state index contributed by atoms with van der Waals surface area (Å²) >= 11 is 0. The van der Waals surface area contributed by atoms with Gasteiger partial charge in [-0.1, -0.05) is 0 Å². The highest BCUT2D eigenvalue weighted by molar-refractivity contribution is 5.74. The Morgan fingerprint density at radius 2 is 1.84 bits per heavy atom. The number of carbonyl (C=O) groups is 2. The summed E-state index contributed by atoms with van der Waals surface area (Å²) in [5.41, 5.74) is -0.521. The molecule has 0 aliphatic heterocycles. The van der Waals surface area contributed by atoms with Crippen molar-refractivity contribution in [2.24, 2.45) is 0 Å². The number of carbonyl (C=O) groups excluding carboxylic acids is 2. The minimum Gasteiger partial charge on any atom is -0.444 e. The van der Waals surface area contributed by atoms with Crippen LogP contribution in [0.15, 0.2) is 0 Å². The second kappa shape index (κ2) is 11.9. The normalized spacial score (nSPS) is 12.6. The summed E-state index contributed by atoms with van der Waals surface area (Å²) in [5.74, 6) is 0. The molecule has 1 atom stereocenters. The van der Waals surface area contributed by atoms with Crippen LogP contribution in [0.1, 0.15) is 47.5 Å². The average molecular weight is 361 g/mol. The summed E-state index contributed by atoms with van der Waals surface area (Å²) in [6.45, 7) is 10.5. The van der Waals surface area contributed by atoms with Gasteiger partial charge in [0.2, 0.25) is 0 Å². The molecule has 3 N–H and O–H groups in total. The van der Waals surface area contributed by atoms with Crippen LogP contribution >= 0.6 is 0 Å². The number of ether oxygens (including phenoxy) is 2. The molecule has 0 spiro atoms. The van der Waals surface area contributed by atoms with Crippen LogP contribution in [0.4, 0.5) is 9.59 Å². The SMILES string of the molecule is COC[C@@H](O)CN(CCCCNC(=O)OC(C)(C)C)C(=O)NC(C)C. The smallest absolute Gasteiger partial charge is 0.407 e. The van der Waals surface area contributed by atoms with Crippen molar-refractivity contribution in [1.29, 1.82) is 0 Å². The Bertz CT molecular complexity index is 396. The molecule has 0 heterocycles. The van der Waals surface area contributed by atoms with Crippen molar-refractivity contribution in [3.8, 4) is 0 Å². The van der Waals surface area contributed by atoms with Crippen LogP contribution in [0.3, 0.4) is 0 Å². The second-order valence-electron chi connectivity index (χ2n) is 7.30. The third-order valence-corrected chi connectivity index (χ3v) is 3.01. The third kappa shape index (κ3) is 13.4. The maximum atomic E-state index is 12.2. The monoisotopic (exact) mass is 361 g/mol. The van der Waals surface area contributed by atoms with E-state index in [0.717, 1.165) is 0 Å². The molecule has 25 heavy (non-hydrogen) atoms. The predicted molar refractivity (Wildman–Crippen MR) is 96.6 cm³/mol. The number of hydrogen-bond acceptors (Lipinski definition) is 5. The lowest BCUT2D eigenvalue weighted by Gasteiger charge is -2.26. The maximum Gasteiger partial charge on any atom is 0.407 e. The number of rotatable bonds is 10. The molecular weight excluding hydrogens is 326 g/mol. The zero-order chi connectivity index (χ0) is 19.5. The second-order valence-corrected chi connectivity index (χ2v) is 7.30. The number of methoxy groups -OCH3 is 1. The number of alkyl carbamates (subject to hydrolysis) is 1. The van der Waals surface area contributed by atoms with Crippen LogP contribution in [-0.4, -0.2) is 73.2 Å². The molecule has 0 aromatic rings. The van der Waals surface area contributed by atoms with Gasteiger partial charge < -0.3 is 30.1 Å². The Kier molecular flexibility index (Phi) is 11.2. The number of aliphatic hydroxyl groups excluding tert-OH is 1. The lowest BCUT2D eigenvalue weighted by atomic mass is 10.2. The van der Waals surface area contributed by atoms with Crippen LogP contribution < -0.4 is 10.6 Å². The predicted octanol–water partition coefficient (Wildman–Crippen LogP) is 1.72. The Hall–Kier alpha value is -1.54. The Labute approximate surface area is 151 Å². The molecular formula is C17H35N3O5. The maximum absolute atomic E-state index is 12.2. The molecule has 0 unspecified atom stereocenters. The van der Waals surface area contributed by atoms with E-state index >= 15 is 0 Å². The zero-order valence-electron chi connectivity index (χ0n) is 16.4. The van der Waals surface area contributed by atoms with E-state index in [0.29, 0.717) is 25.9 Å². The summed E-state index contributed by atoms with van der Waals surface area (Å²) in [6.07, 6.45) is 0.215. The van der Waals surface area contributed by atoms with Gasteiger partial charge in [0, 0.05) is 26.2 Å². The van der Waals surface area contributed by atoms with Gasteiger partial charge in [-0.05, 0) is 47.5 Å². The molecule has 8 nitrogen and oxygen atoms in total. The molecule has 0 aliphatic carbocycles. The first kappa shape index (κ1) is 23.5. The highest BCUT2D eigenvalue weighted by Crippen LogP contribution is 2.06. The van der Waals surface area contributed by atoms with E-state index in [1.165, 1.54) is 7.11 Å². The first-order valence-electron chi connectivity index (χ1n) is 8.74. The van der Waals surface area contributed by atoms with Crippen molar-refractivity contribution in [1.82, 2.24) is 15.5 Å². The Balaban J connectivity index is 4.24. The van der Waals surface area contributed by atoms with Gasteiger partial charge in [-0.25, -0.2) is 9.59 Å². The van der Waals surface area contributed by atoms with Crippen molar-refractivity contribution < 1.29 is 24.2 Å². The summed E-state index contributed by atoms with van der Waals surface area (Å²) in [6, 6.07) is -0.200. The quantitative estimate of drug-likeness (QED) is 0.515. The lowest BCUT2D eigenvalue weighted by molar-refractivity contribution is 0.0442. The Morgan fingerprint density at radius 1 is 1.20 bits per heavy atom. The molecule has 0 radical (unpaired) electrons. The van der Waals surface area contributed by atoms with E-state index < -0.39 is 17.8 Å². The fraction of sp³-hybridized carbons (Fsp3) is 0.882. The average Bonchev–Trinajstić information content (AvgIpc) is 2.43. The number of unbranched alkanes of at least 4 members (excludes halogenated alkanes) is 1. The van der Waals surface area contributed by atoms with E-state index in [4.69, 9.17) is 9.47 Å². The van der Waals surface area contributed by atoms with Gasteiger partial charge in [0.25, 0.3) is 0 Å². The van der Waals surface area contributed by atoms with E-state index in [2.05, 4.69) is 10.6 Å². The molecule has 0 aliphatic rings. The molecule has 0 saturated carbocycles. The minimum atomic E-state index is -0.734. The van der Waals surface area contributed by atoms with Gasteiger partial charge in [0.1, 0.15) is 5.60 Å². The molecule has 8 heteroatoms. The van der Waals surface area contributed by atoms with Crippen LogP contribution in [0, 0.1) is 0 Å². The molecule has 3 amide bonds. The van der Waals surface area contributed by atoms with Crippen LogP contribution in [0.2, 0.25) is 0 Å². The van der Waals surface area contributed by atoms with Crippen LogP contribution in [0.5, 0.6) is 0 Å². The molecule has 0 rings (SSSR count). The topological polar surface area (TPSA) is 100 Å².